The van der Waals surface area contributed by atoms with Crippen LogP contribution in [-0.4, -0.2) is 13.4 Å². The molecule has 0 fully saturated rings. The van der Waals surface area contributed by atoms with Gasteiger partial charge in [0.05, 0.1) is 12.7 Å². The van der Waals surface area contributed by atoms with E-state index in [0.717, 1.165) is 23.8 Å². The number of aryl methyl sites for hydroxylation is 1. The summed E-state index contributed by atoms with van der Waals surface area (Å²) < 4.78 is 11.1. The number of hydrogen-bond donors (Lipinski definition) is 0. The summed E-state index contributed by atoms with van der Waals surface area (Å²) in [6.07, 6.45) is 1.65. The van der Waals surface area contributed by atoms with Gasteiger partial charge in [0, 0.05) is 0 Å². The topological polar surface area (TPSA) is 35.5 Å². The van der Waals surface area contributed by atoms with E-state index in [1.54, 1.807) is 7.11 Å². The first-order chi connectivity index (χ1) is 9.78. The predicted molar refractivity (Wildman–Crippen MR) is 78.5 cm³/mol. The van der Waals surface area contributed by atoms with Crippen molar-refractivity contribution in [2.24, 2.45) is 0 Å². The highest BCUT2D eigenvalue weighted by Crippen LogP contribution is 2.32. The molecule has 0 N–H and O–H groups in total. The molecule has 0 spiro atoms. The Morgan fingerprint density at radius 1 is 1.10 bits per heavy atom. The molecule has 20 heavy (non-hydrogen) atoms. The van der Waals surface area contributed by atoms with Gasteiger partial charge in [-0.05, 0) is 29.7 Å². The van der Waals surface area contributed by atoms with E-state index in [2.05, 4.69) is 0 Å². The number of hydrogen-bond acceptors (Lipinski definition) is 3. The molecular weight excluding hydrogens is 252 g/mol. The monoisotopic (exact) mass is 270 g/mol. The molecule has 3 nitrogen and oxygen atoms in total. The average molecular weight is 270 g/mol. The van der Waals surface area contributed by atoms with Gasteiger partial charge < -0.3 is 9.47 Å². The van der Waals surface area contributed by atoms with Crippen LogP contribution >= 0.6 is 0 Å². The maximum absolute atomic E-state index is 11.2. The minimum Gasteiger partial charge on any atom is -0.493 e. The van der Waals surface area contributed by atoms with Crippen molar-refractivity contribution < 1.29 is 14.3 Å². The second-order valence-corrected chi connectivity index (χ2v) is 4.46. The summed E-state index contributed by atoms with van der Waals surface area (Å²) >= 11 is 0. The standard InChI is InChI=1S/C17H18O3/c1-3-13-9-15(11-18)17(16(10-13)19-2)20-12-14-7-5-4-6-8-14/h4-11H,3,12H2,1-2H3. The fourth-order valence-electron chi connectivity index (χ4n) is 2.01. The molecule has 2 aromatic rings. The van der Waals surface area contributed by atoms with E-state index >= 15 is 0 Å². The maximum Gasteiger partial charge on any atom is 0.172 e. The lowest BCUT2D eigenvalue weighted by Crippen LogP contribution is -2.02. The van der Waals surface area contributed by atoms with Gasteiger partial charge in [-0.15, -0.1) is 0 Å². The maximum atomic E-state index is 11.2. The van der Waals surface area contributed by atoms with Crippen LogP contribution in [0.5, 0.6) is 11.5 Å². The molecule has 0 aliphatic carbocycles. The molecule has 104 valence electrons. The molecule has 0 aliphatic heterocycles. The summed E-state index contributed by atoms with van der Waals surface area (Å²) in [6.45, 7) is 2.44. The minimum atomic E-state index is 0.406. The molecule has 0 atom stereocenters. The average Bonchev–Trinajstić information content (AvgIpc) is 2.52. The van der Waals surface area contributed by atoms with Crippen molar-refractivity contribution in [3.05, 3.63) is 59.2 Å². The SMILES string of the molecule is CCc1cc(C=O)c(OCc2ccccc2)c(OC)c1. The fourth-order valence-corrected chi connectivity index (χ4v) is 2.01. The van der Waals surface area contributed by atoms with Crippen molar-refractivity contribution in [1.29, 1.82) is 0 Å². The molecule has 0 aliphatic rings. The Morgan fingerprint density at radius 2 is 1.85 bits per heavy atom. The smallest absolute Gasteiger partial charge is 0.172 e. The van der Waals surface area contributed by atoms with E-state index in [9.17, 15) is 4.79 Å². The third kappa shape index (κ3) is 3.18. The number of carbonyl (C=O) groups excluding carboxylic acids is 1. The normalized spacial score (nSPS) is 10.1. The zero-order chi connectivity index (χ0) is 14.4. The zero-order valence-electron chi connectivity index (χ0n) is 11.8. The van der Waals surface area contributed by atoms with Crippen LogP contribution in [0.2, 0.25) is 0 Å². The van der Waals surface area contributed by atoms with Gasteiger partial charge in [-0.1, -0.05) is 37.3 Å². The number of rotatable bonds is 6. The number of aldehydes is 1. The first-order valence-electron chi connectivity index (χ1n) is 6.61. The van der Waals surface area contributed by atoms with E-state index < -0.39 is 0 Å². The molecule has 0 saturated heterocycles. The van der Waals surface area contributed by atoms with E-state index in [-0.39, 0.29) is 0 Å². The Balaban J connectivity index is 2.27. The molecule has 0 heterocycles. The molecule has 0 bridgehead atoms. The summed E-state index contributed by atoms with van der Waals surface area (Å²) in [4.78, 5) is 11.2. The summed E-state index contributed by atoms with van der Waals surface area (Å²) in [5.74, 6) is 1.10. The molecule has 2 rings (SSSR count). The third-order valence-electron chi connectivity index (χ3n) is 3.12. The Morgan fingerprint density at radius 3 is 2.45 bits per heavy atom. The molecule has 0 aromatic heterocycles. The van der Waals surface area contributed by atoms with E-state index in [1.165, 1.54) is 0 Å². The summed E-state index contributed by atoms with van der Waals surface area (Å²) in [6, 6.07) is 13.6. The number of ether oxygens (including phenoxy) is 2. The number of methoxy groups -OCH3 is 1. The number of carbonyl (C=O) groups is 1. The Labute approximate surface area is 119 Å². The molecule has 0 radical (unpaired) electrons. The van der Waals surface area contributed by atoms with Crippen LogP contribution in [0.25, 0.3) is 0 Å². The van der Waals surface area contributed by atoms with E-state index in [1.807, 2.05) is 49.4 Å². The lowest BCUT2D eigenvalue weighted by atomic mass is 10.1. The minimum absolute atomic E-state index is 0.406. The van der Waals surface area contributed by atoms with Crippen LogP contribution in [0.4, 0.5) is 0 Å². The molecule has 2 aromatic carbocycles. The van der Waals surface area contributed by atoms with Crippen molar-refractivity contribution in [2.45, 2.75) is 20.0 Å². The van der Waals surface area contributed by atoms with Crippen molar-refractivity contribution in [1.82, 2.24) is 0 Å². The van der Waals surface area contributed by atoms with Crippen molar-refractivity contribution in [3.8, 4) is 11.5 Å². The van der Waals surface area contributed by atoms with Gasteiger partial charge in [0.1, 0.15) is 6.61 Å². The quantitative estimate of drug-likeness (QED) is 0.752. The zero-order valence-corrected chi connectivity index (χ0v) is 11.8. The first kappa shape index (κ1) is 14.1. The second-order valence-electron chi connectivity index (χ2n) is 4.46. The van der Waals surface area contributed by atoms with Crippen LogP contribution < -0.4 is 9.47 Å². The van der Waals surface area contributed by atoms with Crippen LogP contribution in [0.1, 0.15) is 28.4 Å². The van der Waals surface area contributed by atoms with Gasteiger partial charge in [-0.3, -0.25) is 4.79 Å². The van der Waals surface area contributed by atoms with Crippen molar-refractivity contribution in [3.63, 3.8) is 0 Å². The van der Waals surface area contributed by atoms with E-state index in [4.69, 9.17) is 9.47 Å². The summed E-state index contributed by atoms with van der Waals surface area (Å²) in [5, 5.41) is 0. The Bertz CT molecular complexity index is 576. The summed E-state index contributed by atoms with van der Waals surface area (Å²) in [5.41, 5.74) is 2.62. The molecular formula is C17H18O3. The van der Waals surface area contributed by atoms with Crippen LogP contribution in [0, 0.1) is 0 Å². The van der Waals surface area contributed by atoms with Crippen LogP contribution in [0.15, 0.2) is 42.5 Å². The van der Waals surface area contributed by atoms with Gasteiger partial charge in [0.25, 0.3) is 0 Å². The molecule has 3 heteroatoms. The predicted octanol–water partition coefficient (Wildman–Crippen LogP) is 3.65. The van der Waals surface area contributed by atoms with Gasteiger partial charge >= 0.3 is 0 Å². The van der Waals surface area contributed by atoms with Gasteiger partial charge in [-0.25, -0.2) is 0 Å². The fraction of sp³-hybridized carbons (Fsp3) is 0.235. The highest BCUT2D eigenvalue weighted by Gasteiger charge is 2.12. The van der Waals surface area contributed by atoms with Gasteiger partial charge in [0.2, 0.25) is 0 Å². The third-order valence-corrected chi connectivity index (χ3v) is 3.12. The molecule has 0 unspecified atom stereocenters. The molecule has 0 amide bonds. The summed E-state index contributed by atoms with van der Waals surface area (Å²) in [7, 11) is 1.58. The van der Waals surface area contributed by atoms with Gasteiger partial charge in [0.15, 0.2) is 17.8 Å². The highest BCUT2D eigenvalue weighted by atomic mass is 16.5. The van der Waals surface area contributed by atoms with Gasteiger partial charge in [-0.2, -0.15) is 0 Å². The first-order valence-corrected chi connectivity index (χ1v) is 6.61. The highest BCUT2D eigenvalue weighted by molar-refractivity contribution is 5.81. The second kappa shape index (κ2) is 6.75. The lowest BCUT2D eigenvalue weighted by molar-refractivity contribution is 0.111. The number of benzene rings is 2. The Kier molecular flexibility index (Phi) is 4.77. The van der Waals surface area contributed by atoms with Crippen molar-refractivity contribution >= 4 is 6.29 Å². The lowest BCUT2D eigenvalue weighted by Gasteiger charge is -2.14. The van der Waals surface area contributed by atoms with Crippen molar-refractivity contribution in [2.75, 3.05) is 7.11 Å². The largest absolute Gasteiger partial charge is 0.493 e. The Hall–Kier alpha value is -2.29. The molecule has 0 saturated carbocycles. The van der Waals surface area contributed by atoms with Crippen LogP contribution in [0.3, 0.4) is 0 Å². The van der Waals surface area contributed by atoms with E-state index in [0.29, 0.717) is 23.7 Å². The van der Waals surface area contributed by atoms with Crippen LogP contribution in [-0.2, 0) is 13.0 Å².